The van der Waals surface area contributed by atoms with Crippen molar-refractivity contribution in [2.45, 2.75) is 24.8 Å². The number of nitrogens with one attached hydrogen (secondary N) is 1. The Labute approximate surface area is 167 Å². The third-order valence-electron chi connectivity index (χ3n) is 3.98. The van der Waals surface area contributed by atoms with Crippen LogP contribution in [0.1, 0.15) is 23.1 Å². The normalized spacial score (nSPS) is 11.7. The molecule has 144 valence electrons. The largest absolute Gasteiger partial charge is 0.448 e. The third kappa shape index (κ3) is 4.40. The van der Waals surface area contributed by atoms with E-state index in [2.05, 4.69) is 15.5 Å². The second-order valence-electron chi connectivity index (χ2n) is 6.00. The van der Waals surface area contributed by atoms with E-state index in [4.69, 9.17) is 4.74 Å². The maximum atomic E-state index is 12.5. The van der Waals surface area contributed by atoms with Gasteiger partial charge in [-0.15, -0.1) is 16.9 Å². The molecule has 0 saturated carbocycles. The number of benzene rings is 2. The number of para-hydroxylation sites is 2. The molecule has 3 aromatic rings. The fraction of sp³-hybridized carbons (Fsp3) is 0.200. The Morgan fingerprint density at radius 3 is 2.46 bits per heavy atom. The Morgan fingerprint density at radius 1 is 1.07 bits per heavy atom. The molecule has 0 aliphatic rings. The molecular formula is C20H20N4O3S. The van der Waals surface area contributed by atoms with Crippen molar-refractivity contribution in [1.82, 2.24) is 15.0 Å². The SMILES string of the molecule is CSc1ccccc1NC(=O)C(C)OC(=O)c1nn(-c2ccccc2)nc1C. The van der Waals surface area contributed by atoms with Crippen LogP contribution in [0, 0.1) is 6.92 Å². The molecule has 0 saturated heterocycles. The molecule has 0 bridgehead atoms. The van der Waals surface area contributed by atoms with Gasteiger partial charge < -0.3 is 10.1 Å². The van der Waals surface area contributed by atoms with Gasteiger partial charge in [-0.05, 0) is 44.4 Å². The van der Waals surface area contributed by atoms with Gasteiger partial charge in [0.25, 0.3) is 5.91 Å². The molecule has 0 aliphatic carbocycles. The predicted molar refractivity (Wildman–Crippen MR) is 108 cm³/mol. The van der Waals surface area contributed by atoms with Gasteiger partial charge in [0, 0.05) is 4.90 Å². The van der Waals surface area contributed by atoms with Crippen LogP contribution in [-0.4, -0.2) is 39.2 Å². The first-order chi connectivity index (χ1) is 13.5. The molecule has 7 nitrogen and oxygen atoms in total. The molecule has 1 aromatic heterocycles. The number of carbonyl (C=O) groups excluding carboxylic acids is 2. The number of carbonyl (C=O) groups is 2. The minimum Gasteiger partial charge on any atom is -0.448 e. The van der Waals surface area contributed by atoms with E-state index < -0.39 is 18.0 Å². The molecular weight excluding hydrogens is 376 g/mol. The molecule has 0 radical (unpaired) electrons. The molecule has 28 heavy (non-hydrogen) atoms. The number of nitrogens with zero attached hydrogens (tertiary/aromatic N) is 3. The van der Waals surface area contributed by atoms with Crippen molar-refractivity contribution in [3.05, 3.63) is 66.0 Å². The Hall–Kier alpha value is -3.13. The average Bonchev–Trinajstić information content (AvgIpc) is 3.10. The van der Waals surface area contributed by atoms with Gasteiger partial charge in [-0.2, -0.15) is 9.90 Å². The molecule has 0 aliphatic heterocycles. The highest BCUT2D eigenvalue weighted by atomic mass is 32.2. The van der Waals surface area contributed by atoms with E-state index in [-0.39, 0.29) is 5.69 Å². The van der Waals surface area contributed by atoms with Gasteiger partial charge in [-0.3, -0.25) is 4.79 Å². The molecule has 8 heteroatoms. The molecule has 1 amide bonds. The van der Waals surface area contributed by atoms with Gasteiger partial charge in [0.1, 0.15) is 0 Å². The van der Waals surface area contributed by atoms with Crippen molar-refractivity contribution < 1.29 is 14.3 Å². The number of amides is 1. The predicted octanol–water partition coefficient (Wildman–Crippen LogP) is 3.48. The van der Waals surface area contributed by atoms with Crippen LogP contribution < -0.4 is 5.32 Å². The maximum Gasteiger partial charge on any atom is 0.361 e. The van der Waals surface area contributed by atoms with Crippen molar-refractivity contribution in [1.29, 1.82) is 0 Å². The van der Waals surface area contributed by atoms with Crippen LogP contribution in [0.3, 0.4) is 0 Å². The first-order valence-corrected chi connectivity index (χ1v) is 9.86. The summed E-state index contributed by atoms with van der Waals surface area (Å²) in [4.78, 5) is 27.2. The number of esters is 1. The Balaban J connectivity index is 1.69. The van der Waals surface area contributed by atoms with E-state index >= 15 is 0 Å². The van der Waals surface area contributed by atoms with Crippen LogP contribution >= 0.6 is 11.8 Å². The lowest BCUT2D eigenvalue weighted by Crippen LogP contribution is -2.30. The summed E-state index contributed by atoms with van der Waals surface area (Å²) in [5.41, 5.74) is 1.90. The summed E-state index contributed by atoms with van der Waals surface area (Å²) in [5.74, 6) is -1.11. The maximum absolute atomic E-state index is 12.5. The lowest BCUT2D eigenvalue weighted by atomic mass is 10.3. The summed E-state index contributed by atoms with van der Waals surface area (Å²) in [6, 6.07) is 16.7. The smallest absolute Gasteiger partial charge is 0.361 e. The quantitative estimate of drug-likeness (QED) is 0.507. The van der Waals surface area contributed by atoms with Gasteiger partial charge in [0.2, 0.25) is 0 Å². The van der Waals surface area contributed by atoms with Gasteiger partial charge in [-0.1, -0.05) is 30.3 Å². The zero-order valence-electron chi connectivity index (χ0n) is 15.7. The zero-order valence-corrected chi connectivity index (χ0v) is 16.6. The van der Waals surface area contributed by atoms with Crippen LogP contribution in [0.5, 0.6) is 0 Å². The number of aromatic nitrogens is 3. The van der Waals surface area contributed by atoms with E-state index in [0.717, 1.165) is 10.6 Å². The van der Waals surface area contributed by atoms with Gasteiger partial charge in [0.15, 0.2) is 11.8 Å². The molecule has 3 rings (SSSR count). The average molecular weight is 396 g/mol. The molecule has 1 heterocycles. The van der Waals surface area contributed by atoms with Crippen LogP contribution in [0.15, 0.2) is 59.5 Å². The summed E-state index contributed by atoms with van der Waals surface area (Å²) in [6.07, 6.45) is 0.941. The Bertz CT molecular complexity index is 988. The lowest BCUT2D eigenvalue weighted by molar-refractivity contribution is -0.123. The molecule has 1 unspecified atom stereocenters. The first kappa shape index (κ1) is 19.6. The number of hydrogen-bond acceptors (Lipinski definition) is 6. The molecule has 2 aromatic carbocycles. The first-order valence-electron chi connectivity index (χ1n) is 8.64. The number of hydrogen-bond donors (Lipinski definition) is 1. The number of ether oxygens (including phenoxy) is 1. The van der Waals surface area contributed by atoms with E-state index in [9.17, 15) is 9.59 Å². The van der Waals surface area contributed by atoms with E-state index in [1.165, 1.54) is 23.5 Å². The number of rotatable bonds is 6. The Morgan fingerprint density at radius 2 is 1.75 bits per heavy atom. The molecule has 0 fully saturated rings. The highest BCUT2D eigenvalue weighted by Crippen LogP contribution is 2.24. The standard InChI is InChI=1S/C20H20N4O3S/c1-13-18(23-24(22-13)15-9-5-4-6-10-15)20(26)27-14(2)19(25)21-16-11-7-8-12-17(16)28-3/h4-12,14H,1-3H3,(H,21,25). The second-order valence-corrected chi connectivity index (χ2v) is 6.84. The van der Waals surface area contributed by atoms with Crippen molar-refractivity contribution in [3.63, 3.8) is 0 Å². The third-order valence-corrected chi connectivity index (χ3v) is 4.78. The minimum atomic E-state index is -0.983. The molecule has 1 atom stereocenters. The van der Waals surface area contributed by atoms with Crippen LogP contribution in [0.25, 0.3) is 5.69 Å². The van der Waals surface area contributed by atoms with Gasteiger partial charge >= 0.3 is 5.97 Å². The van der Waals surface area contributed by atoms with Gasteiger partial charge in [-0.25, -0.2) is 4.79 Å². The molecule has 1 N–H and O–H groups in total. The Kier molecular flexibility index (Phi) is 6.10. The summed E-state index contributed by atoms with van der Waals surface area (Å²) >= 11 is 1.52. The van der Waals surface area contributed by atoms with Crippen LogP contribution in [0.4, 0.5) is 5.69 Å². The minimum absolute atomic E-state index is 0.0769. The summed E-state index contributed by atoms with van der Waals surface area (Å²) in [5, 5.41) is 11.2. The summed E-state index contributed by atoms with van der Waals surface area (Å²) < 4.78 is 5.30. The fourth-order valence-corrected chi connectivity index (χ4v) is 3.05. The van der Waals surface area contributed by atoms with Crippen molar-refractivity contribution >= 4 is 29.3 Å². The van der Waals surface area contributed by atoms with Crippen LogP contribution in [-0.2, 0) is 9.53 Å². The fourth-order valence-electron chi connectivity index (χ4n) is 2.50. The number of aryl methyl sites for hydroxylation is 1. The highest BCUT2D eigenvalue weighted by molar-refractivity contribution is 7.98. The van der Waals surface area contributed by atoms with E-state index in [1.807, 2.05) is 54.8 Å². The van der Waals surface area contributed by atoms with Crippen molar-refractivity contribution in [3.8, 4) is 5.69 Å². The topological polar surface area (TPSA) is 86.1 Å². The number of anilines is 1. The highest BCUT2D eigenvalue weighted by Gasteiger charge is 2.24. The monoisotopic (exact) mass is 396 g/mol. The van der Waals surface area contributed by atoms with E-state index in [0.29, 0.717) is 11.4 Å². The number of thioether (sulfide) groups is 1. The van der Waals surface area contributed by atoms with Crippen LogP contribution in [0.2, 0.25) is 0 Å². The van der Waals surface area contributed by atoms with E-state index in [1.54, 1.807) is 13.0 Å². The summed E-state index contributed by atoms with van der Waals surface area (Å²) in [6.45, 7) is 3.19. The lowest BCUT2D eigenvalue weighted by Gasteiger charge is -2.14. The van der Waals surface area contributed by atoms with Crippen molar-refractivity contribution in [2.75, 3.05) is 11.6 Å². The zero-order chi connectivity index (χ0) is 20.1. The van der Waals surface area contributed by atoms with Crippen molar-refractivity contribution in [2.24, 2.45) is 0 Å². The summed E-state index contributed by atoms with van der Waals surface area (Å²) in [7, 11) is 0. The second kappa shape index (κ2) is 8.71. The molecule has 0 spiro atoms. The van der Waals surface area contributed by atoms with Gasteiger partial charge in [0.05, 0.1) is 17.1 Å².